The molecule has 0 aliphatic carbocycles. The average molecular weight is 337 g/mol. The largest absolute Gasteiger partial charge is 0.354 e. The number of rotatable bonds is 5. The van der Waals surface area contributed by atoms with Crippen LogP contribution in [-0.2, 0) is 11.2 Å². The summed E-state index contributed by atoms with van der Waals surface area (Å²) in [5.41, 5.74) is 3.30. The Bertz CT molecular complexity index is 699. The first-order valence-corrected chi connectivity index (χ1v) is 9.07. The quantitative estimate of drug-likeness (QED) is 0.838. The molecule has 0 radical (unpaired) electrons. The number of Topliss-reactive ketones (excluding diaryl/α,β-unsaturated/α-hetero) is 1. The fraction of sp³-hybridized carbons (Fsp3) is 0.429. The van der Waals surface area contributed by atoms with Crippen LogP contribution in [0.2, 0.25) is 0 Å². The minimum atomic E-state index is 0.191. The molecule has 1 saturated heterocycles. The predicted molar refractivity (Wildman–Crippen MR) is 103 cm³/mol. The van der Waals surface area contributed by atoms with Crippen molar-refractivity contribution >= 4 is 11.6 Å². The van der Waals surface area contributed by atoms with Gasteiger partial charge in [-0.15, -0.1) is 0 Å². The number of piperazine rings is 1. The Hall–Kier alpha value is -2.20. The third-order valence-electron chi connectivity index (χ3n) is 4.86. The fourth-order valence-electron chi connectivity index (χ4n) is 3.31. The van der Waals surface area contributed by atoms with Crippen molar-refractivity contribution in [3.05, 3.63) is 48.2 Å². The van der Waals surface area contributed by atoms with E-state index in [1.807, 2.05) is 18.3 Å². The average Bonchev–Trinajstić information content (AvgIpc) is 2.62. The van der Waals surface area contributed by atoms with Crippen molar-refractivity contribution in [2.45, 2.75) is 33.2 Å². The highest BCUT2D eigenvalue weighted by atomic mass is 16.1. The van der Waals surface area contributed by atoms with Crippen LogP contribution in [0.5, 0.6) is 0 Å². The van der Waals surface area contributed by atoms with Gasteiger partial charge in [-0.3, -0.25) is 9.69 Å². The van der Waals surface area contributed by atoms with Crippen LogP contribution in [0.15, 0.2) is 42.6 Å². The first-order valence-electron chi connectivity index (χ1n) is 9.07. The number of benzene rings is 1. The van der Waals surface area contributed by atoms with Crippen molar-refractivity contribution in [2.24, 2.45) is 0 Å². The van der Waals surface area contributed by atoms with E-state index in [4.69, 9.17) is 0 Å². The number of pyridine rings is 1. The van der Waals surface area contributed by atoms with Gasteiger partial charge in [0.2, 0.25) is 0 Å². The molecule has 0 bridgehead atoms. The van der Waals surface area contributed by atoms with Gasteiger partial charge in [-0.25, -0.2) is 4.98 Å². The van der Waals surface area contributed by atoms with Crippen LogP contribution in [0.4, 0.5) is 5.82 Å². The summed E-state index contributed by atoms with van der Waals surface area (Å²) in [7, 11) is 0. The van der Waals surface area contributed by atoms with Gasteiger partial charge in [-0.05, 0) is 44.0 Å². The lowest BCUT2D eigenvalue weighted by Crippen LogP contribution is -2.49. The second kappa shape index (κ2) is 7.79. The molecule has 4 heteroatoms. The van der Waals surface area contributed by atoms with E-state index in [-0.39, 0.29) is 5.78 Å². The van der Waals surface area contributed by atoms with Crippen LogP contribution >= 0.6 is 0 Å². The van der Waals surface area contributed by atoms with Gasteiger partial charge in [0.05, 0.1) is 0 Å². The Morgan fingerprint density at radius 2 is 1.64 bits per heavy atom. The molecule has 2 aromatic rings. The number of carbonyl (C=O) groups is 1. The van der Waals surface area contributed by atoms with Gasteiger partial charge in [0.1, 0.15) is 11.6 Å². The molecule has 132 valence electrons. The fourth-order valence-corrected chi connectivity index (χ4v) is 3.31. The molecule has 0 amide bonds. The zero-order valence-electron chi connectivity index (χ0n) is 15.4. The van der Waals surface area contributed by atoms with Gasteiger partial charge in [-0.1, -0.05) is 24.3 Å². The number of hydrogen-bond acceptors (Lipinski definition) is 4. The third kappa shape index (κ3) is 4.45. The summed E-state index contributed by atoms with van der Waals surface area (Å²) < 4.78 is 0. The maximum atomic E-state index is 11.2. The second-order valence-corrected chi connectivity index (χ2v) is 7.10. The summed E-state index contributed by atoms with van der Waals surface area (Å²) in [5, 5.41) is 0. The molecule has 2 heterocycles. The van der Waals surface area contributed by atoms with Crippen LogP contribution < -0.4 is 4.90 Å². The van der Waals surface area contributed by atoms with E-state index in [1.54, 1.807) is 6.92 Å². The van der Waals surface area contributed by atoms with Gasteiger partial charge in [0.15, 0.2) is 0 Å². The summed E-state index contributed by atoms with van der Waals surface area (Å²) >= 11 is 0. The molecule has 0 atom stereocenters. The molecule has 0 N–H and O–H groups in total. The molecular weight excluding hydrogens is 310 g/mol. The smallest absolute Gasteiger partial charge is 0.134 e. The summed E-state index contributed by atoms with van der Waals surface area (Å²) in [6.45, 7) is 10.4. The van der Waals surface area contributed by atoms with Crippen LogP contribution in [0.25, 0.3) is 11.1 Å². The Labute approximate surface area is 150 Å². The minimum absolute atomic E-state index is 0.191. The zero-order valence-corrected chi connectivity index (χ0v) is 15.4. The Morgan fingerprint density at radius 3 is 2.16 bits per heavy atom. The van der Waals surface area contributed by atoms with E-state index >= 15 is 0 Å². The molecule has 1 fully saturated rings. The molecule has 1 aliphatic heterocycles. The lowest BCUT2D eigenvalue weighted by Gasteiger charge is -2.37. The summed E-state index contributed by atoms with van der Waals surface area (Å²) in [4.78, 5) is 20.7. The van der Waals surface area contributed by atoms with E-state index in [9.17, 15) is 4.79 Å². The van der Waals surface area contributed by atoms with E-state index in [2.05, 4.69) is 52.9 Å². The highest BCUT2D eigenvalue weighted by Crippen LogP contribution is 2.22. The highest BCUT2D eigenvalue weighted by Gasteiger charge is 2.19. The van der Waals surface area contributed by atoms with Crippen LogP contribution in [0, 0.1) is 0 Å². The summed E-state index contributed by atoms with van der Waals surface area (Å²) in [5.74, 6) is 1.25. The van der Waals surface area contributed by atoms with Gasteiger partial charge in [0, 0.05) is 50.4 Å². The number of nitrogens with zero attached hydrogens (tertiary/aromatic N) is 3. The lowest BCUT2D eigenvalue weighted by atomic mass is 10.0. The first kappa shape index (κ1) is 17.6. The molecule has 3 rings (SSSR count). The van der Waals surface area contributed by atoms with Crippen molar-refractivity contribution in [1.29, 1.82) is 0 Å². The van der Waals surface area contributed by atoms with Crippen LogP contribution in [0.1, 0.15) is 26.3 Å². The summed E-state index contributed by atoms with van der Waals surface area (Å²) in [6, 6.07) is 13.0. The van der Waals surface area contributed by atoms with Crippen molar-refractivity contribution in [2.75, 3.05) is 31.1 Å². The Morgan fingerprint density at radius 1 is 1.00 bits per heavy atom. The third-order valence-corrected chi connectivity index (χ3v) is 4.86. The Kier molecular flexibility index (Phi) is 5.49. The van der Waals surface area contributed by atoms with Crippen molar-refractivity contribution in [3.8, 4) is 11.1 Å². The maximum absolute atomic E-state index is 11.2. The van der Waals surface area contributed by atoms with E-state index in [1.165, 1.54) is 0 Å². The first-order chi connectivity index (χ1) is 12.0. The van der Waals surface area contributed by atoms with Gasteiger partial charge in [0.25, 0.3) is 0 Å². The maximum Gasteiger partial charge on any atom is 0.134 e. The van der Waals surface area contributed by atoms with Gasteiger partial charge < -0.3 is 4.90 Å². The molecule has 0 spiro atoms. The number of carbonyl (C=O) groups excluding carboxylic acids is 1. The number of ketones is 1. The monoisotopic (exact) mass is 337 g/mol. The van der Waals surface area contributed by atoms with Crippen molar-refractivity contribution < 1.29 is 4.79 Å². The van der Waals surface area contributed by atoms with E-state index in [0.717, 1.165) is 48.7 Å². The van der Waals surface area contributed by atoms with Crippen molar-refractivity contribution in [3.63, 3.8) is 0 Å². The van der Waals surface area contributed by atoms with Gasteiger partial charge >= 0.3 is 0 Å². The number of aromatic nitrogens is 1. The normalized spacial score (nSPS) is 15.6. The molecular formula is C21H27N3O. The predicted octanol–water partition coefficient (Wildman–Crippen LogP) is 3.41. The molecule has 1 aromatic heterocycles. The minimum Gasteiger partial charge on any atom is -0.354 e. The standard InChI is InChI=1S/C21H27N3O/c1-16(2)23-10-12-24(13-11-23)21-9-8-20(15-22-21)19-6-4-18(5-7-19)14-17(3)25/h4-9,15-16H,10-14H2,1-3H3. The topological polar surface area (TPSA) is 36.4 Å². The van der Waals surface area contributed by atoms with Crippen LogP contribution in [-0.4, -0.2) is 47.9 Å². The highest BCUT2D eigenvalue weighted by molar-refractivity contribution is 5.78. The molecule has 1 aromatic carbocycles. The van der Waals surface area contributed by atoms with Crippen molar-refractivity contribution in [1.82, 2.24) is 9.88 Å². The molecule has 1 aliphatic rings. The molecule has 0 unspecified atom stereocenters. The van der Waals surface area contributed by atoms with E-state index < -0.39 is 0 Å². The molecule has 0 saturated carbocycles. The second-order valence-electron chi connectivity index (χ2n) is 7.10. The Balaban J connectivity index is 1.65. The lowest BCUT2D eigenvalue weighted by molar-refractivity contribution is -0.116. The summed E-state index contributed by atoms with van der Waals surface area (Å²) in [6.07, 6.45) is 2.45. The number of hydrogen-bond donors (Lipinski definition) is 0. The zero-order chi connectivity index (χ0) is 17.8. The van der Waals surface area contributed by atoms with Gasteiger partial charge in [-0.2, -0.15) is 0 Å². The molecule has 4 nitrogen and oxygen atoms in total. The SMILES string of the molecule is CC(=O)Cc1ccc(-c2ccc(N3CCN(C(C)C)CC3)nc2)cc1. The number of anilines is 1. The van der Waals surface area contributed by atoms with E-state index in [0.29, 0.717) is 12.5 Å². The molecule has 25 heavy (non-hydrogen) atoms. The van der Waals surface area contributed by atoms with Crippen LogP contribution in [0.3, 0.4) is 0 Å².